The predicted octanol–water partition coefficient (Wildman–Crippen LogP) is 3.82. The molecule has 0 saturated carbocycles. The minimum atomic E-state index is -0.859. The van der Waals surface area contributed by atoms with Gasteiger partial charge in [0.2, 0.25) is 0 Å². The molecule has 0 aliphatic heterocycles. The van der Waals surface area contributed by atoms with Crippen molar-refractivity contribution in [3.63, 3.8) is 0 Å². The van der Waals surface area contributed by atoms with E-state index in [1.54, 1.807) is 18.2 Å². The summed E-state index contributed by atoms with van der Waals surface area (Å²) in [7, 11) is 0. The van der Waals surface area contributed by atoms with Gasteiger partial charge in [-0.1, -0.05) is 0 Å². The van der Waals surface area contributed by atoms with Gasteiger partial charge in [-0.05, 0) is 104 Å². The molecule has 112 valence electrons. The second-order valence-electron chi connectivity index (χ2n) is 4.38. The molecule has 2 aromatic rings. The summed E-state index contributed by atoms with van der Waals surface area (Å²) < 4.78 is 8.53. The predicted molar refractivity (Wildman–Crippen MR) is 107 cm³/mol. The molecule has 0 radical (unpaired) electrons. The number of hydrogen-bond acceptors (Lipinski definition) is 4. The van der Waals surface area contributed by atoms with Gasteiger partial charge in [0.15, 0.2) is 5.75 Å². The first-order valence-electron chi connectivity index (χ1n) is 5.94. The van der Waals surface area contributed by atoms with Gasteiger partial charge in [-0.25, -0.2) is 0 Å². The van der Waals surface area contributed by atoms with Crippen molar-refractivity contribution in [2.24, 2.45) is 5.73 Å². The van der Waals surface area contributed by atoms with Gasteiger partial charge in [0.25, 0.3) is 0 Å². The van der Waals surface area contributed by atoms with Crippen LogP contribution in [0.4, 0.5) is 0 Å². The van der Waals surface area contributed by atoms with E-state index in [2.05, 4.69) is 67.8 Å². The van der Waals surface area contributed by atoms with Crippen LogP contribution < -0.4 is 10.5 Å². The third-order valence-electron chi connectivity index (χ3n) is 2.64. The van der Waals surface area contributed by atoms with E-state index in [-0.39, 0.29) is 5.75 Å². The molecule has 4 nitrogen and oxygen atoms in total. The molecule has 0 spiro atoms. The van der Waals surface area contributed by atoms with Crippen molar-refractivity contribution in [2.75, 3.05) is 0 Å². The van der Waals surface area contributed by atoms with Gasteiger partial charge in [-0.2, -0.15) is 0 Å². The SMILES string of the molecule is NC(O)Cc1cc(I)c(Oc2ccc(O)c(I)c2)c(I)c1. The molecule has 0 amide bonds. The van der Waals surface area contributed by atoms with Crippen LogP contribution in [-0.4, -0.2) is 16.4 Å². The van der Waals surface area contributed by atoms with Crippen LogP contribution in [0.25, 0.3) is 0 Å². The zero-order valence-electron chi connectivity index (χ0n) is 10.7. The number of aliphatic hydroxyl groups excluding tert-OH is 1. The minimum absolute atomic E-state index is 0.236. The fourth-order valence-electron chi connectivity index (χ4n) is 1.74. The molecule has 2 aromatic carbocycles. The summed E-state index contributed by atoms with van der Waals surface area (Å²) >= 11 is 6.45. The number of phenols is 1. The number of ether oxygens (including phenoxy) is 1. The van der Waals surface area contributed by atoms with E-state index >= 15 is 0 Å². The van der Waals surface area contributed by atoms with E-state index in [0.29, 0.717) is 12.2 Å². The Labute approximate surface area is 163 Å². The van der Waals surface area contributed by atoms with Crippen molar-refractivity contribution in [1.82, 2.24) is 0 Å². The molecule has 0 aliphatic carbocycles. The first kappa shape index (κ1) is 17.5. The second-order valence-corrected chi connectivity index (χ2v) is 7.86. The highest BCUT2D eigenvalue weighted by molar-refractivity contribution is 14.1. The quantitative estimate of drug-likeness (QED) is 0.358. The number of benzene rings is 2. The Balaban J connectivity index is 2.29. The largest absolute Gasteiger partial charge is 0.507 e. The third kappa shape index (κ3) is 4.81. The normalized spacial score (nSPS) is 12.2. The van der Waals surface area contributed by atoms with Crippen LogP contribution in [0.5, 0.6) is 17.2 Å². The van der Waals surface area contributed by atoms with Crippen molar-refractivity contribution in [3.05, 3.63) is 46.6 Å². The zero-order valence-corrected chi connectivity index (χ0v) is 17.2. The highest BCUT2D eigenvalue weighted by atomic mass is 127. The van der Waals surface area contributed by atoms with E-state index < -0.39 is 6.23 Å². The Hall–Kier alpha value is 0.150. The van der Waals surface area contributed by atoms with E-state index in [4.69, 9.17) is 10.5 Å². The second kappa shape index (κ2) is 7.62. The maximum absolute atomic E-state index is 9.54. The van der Waals surface area contributed by atoms with Crippen LogP contribution in [0.2, 0.25) is 0 Å². The molecule has 4 N–H and O–H groups in total. The zero-order chi connectivity index (χ0) is 15.6. The molecule has 21 heavy (non-hydrogen) atoms. The molecule has 7 heteroatoms. The van der Waals surface area contributed by atoms with Crippen molar-refractivity contribution in [2.45, 2.75) is 12.6 Å². The Bertz CT molecular complexity index is 639. The molecule has 0 fully saturated rings. The topological polar surface area (TPSA) is 75.7 Å². The molecule has 0 aliphatic rings. The van der Waals surface area contributed by atoms with Crippen LogP contribution in [0, 0.1) is 10.7 Å². The average Bonchev–Trinajstić information content (AvgIpc) is 2.37. The summed E-state index contributed by atoms with van der Waals surface area (Å²) in [6, 6.07) is 9.00. The standard InChI is InChI=1S/C14H12I3NO3/c15-9-6-8(1-2-12(9)19)21-14-10(16)3-7(4-11(14)17)5-13(18)20/h1-4,6,13,19-20H,5,18H2. The van der Waals surface area contributed by atoms with Crippen molar-refractivity contribution in [3.8, 4) is 17.2 Å². The van der Waals surface area contributed by atoms with Crippen LogP contribution in [0.1, 0.15) is 5.56 Å². The molecule has 0 aromatic heterocycles. The van der Waals surface area contributed by atoms with Crippen molar-refractivity contribution >= 4 is 67.8 Å². The molecule has 0 heterocycles. The molecule has 1 atom stereocenters. The minimum Gasteiger partial charge on any atom is -0.507 e. The lowest BCUT2D eigenvalue weighted by atomic mass is 10.1. The summed E-state index contributed by atoms with van der Waals surface area (Å²) in [6.45, 7) is 0. The number of hydrogen-bond donors (Lipinski definition) is 3. The monoisotopic (exact) mass is 623 g/mol. The molecular formula is C14H12I3NO3. The van der Waals surface area contributed by atoms with Gasteiger partial charge in [0.05, 0.1) is 10.7 Å². The Morgan fingerprint density at radius 1 is 1.05 bits per heavy atom. The van der Waals surface area contributed by atoms with E-state index in [1.165, 1.54) is 0 Å². The summed E-state index contributed by atoms with van der Waals surface area (Å²) in [5.41, 5.74) is 6.38. The molecule has 1 unspecified atom stereocenters. The van der Waals surface area contributed by atoms with E-state index in [9.17, 15) is 10.2 Å². The lowest BCUT2D eigenvalue weighted by Gasteiger charge is -2.13. The van der Waals surface area contributed by atoms with Crippen LogP contribution in [-0.2, 0) is 6.42 Å². The summed E-state index contributed by atoms with van der Waals surface area (Å²) in [4.78, 5) is 0. The van der Waals surface area contributed by atoms with Crippen molar-refractivity contribution < 1.29 is 14.9 Å². The average molecular weight is 623 g/mol. The number of phenolic OH excluding ortho intramolecular Hbond substituents is 1. The van der Waals surface area contributed by atoms with Crippen molar-refractivity contribution in [1.29, 1.82) is 0 Å². The van der Waals surface area contributed by atoms with Crippen LogP contribution >= 0.6 is 67.8 Å². The number of rotatable bonds is 4. The van der Waals surface area contributed by atoms with Crippen LogP contribution in [0.15, 0.2) is 30.3 Å². The first-order chi connectivity index (χ1) is 9.86. The summed E-state index contributed by atoms with van der Waals surface area (Å²) in [5, 5.41) is 18.8. The highest BCUT2D eigenvalue weighted by Crippen LogP contribution is 2.34. The van der Waals surface area contributed by atoms with Gasteiger partial charge >= 0.3 is 0 Å². The smallest absolute Gasteiger partial charge is 0.154 e. The van der Waals surface area contributed by atoms with Gasteiger partial charge in [-0.3, -0.25) is 0 Å². The number of aromatic hydroxyl groups is 1. The number of nitrogens with two attached hydrogens (primary N) is 1. The fourth-order valence-corrected chi connectivity index (χ4v) is 4.34. The molecule has 2 rings (SSSR count). The first-order valence-corrected chi connectivity index (χ1v) is 9.18. The summed E-state index contributed by atoms with van der Waals surface area (Å²) in [6.07, 6.45) is -0.453. The highest BCUT2D eigenvalue weighted by Gasteiger charge is 2.12. The van der Waals surface area contributed by atoms with Gasteiger partial charge in [0.1, 0.15) is 17.7 Å². The van der Waals surface area contributed by atoms with Gasteiger partial charge < -0.3 is 20.7 Å². The lowest BCUT2D eigenvalue weighted by Crippen LogP contribution is -2.21. The van der Waals surface area contributed by atoms with Crippen LogP contribution in [0.3, 0.4) is 0 Å². The maximum Gasteiger partial charge on any atom is 0.154 e. The lowest BCUT2D eigenvalue weighted by molar-refractivity contribution is 0.183. The number of halogens is 3. The molecular weight excluding hydrogens is 611 g/mol. The molecule has 0 saturated heterocycles. The Morgan fingerprint density at radius 3 is 2.19 bits per heavy atom. The summed E-state index contributed by atoms with van der Waals surface area (Å²) in [5.74, 6) is 1.66. The van der Waals surface area contributed by atoms with Gasteiger partial charge in [0, 0.05) is 6.42 Å². The fraction of sp³-hybridized carbons (Fsp3) is 0.143. The number of aliphatic hydroxyl groups is 1. The van der Waals surface area contributed by atoms with E-state index in [0.717, 1.165) is 22.0 Å². The Kier molecular flexibility index (Phi) is 6.35. The third-order valence-corrected chi connectivity index (χ3v) is 5.11. The maximum atomic E-state index is 9.54. The van der Waals surface area contributed by atoms with Gasteiger partial charge in [-0.15, -0.1) is 0 Å². The molecule has 0 bridgehead atoms. The Morgan fingerprint density at radius 2 is 1.67 bits per heavy atom. The van der Waals surface area contributed by atoms with E-state index in [1.807, 2.05) is 12.1 Å².